The van der Waals surface area contributed by atoms with Crippen molar-refractivity contribution in [3.63, 3.8) is 0 Å². The zero-order valence-corrected chi connectivity index (χ0v) is 15.6. The van der Waals surface area contributed by atoms with E-state index in [1.807, 2.05) is 11.1 Å². The van der Waals surface area contributed by atoms with Gasteiger partial charge in [-0.2, -0.15) is 0 Å². The fraction of sp³-hybridized carbons (Fsp3) is 0.286. The molecule has 3 aromatic rings. The van der Waals surface area contributed by atoms with Crippen molar-refractivity contribution in [1.29, 1.82) is 0 Å². The molecule has 2 aromatic carbocycles. The van der Waals surface area contributed by atoms with Crippen LogP contribution in [0.4, 0.5) is 5.69 Å². The Hall–Kier alpha value is -3.15. The lowest BCUT2D eigenvalue weighted by Gasteiger charge is -2.36. The minimum absolute atomic E-state index is 0.00621. The van der Waals surface area contributed by atoms with Gasteiger partial charge in [0.05, 0.1) is 14.2 Å². The number of carbonyl (C=O) groups is 1. The number of anilines is 1. The summed E-state index contributed by atoms with van der Waals surface area (Å²) in [4.78, 5) is 20.4. The highest BCUT2D eigenvalue weighted by molar-refractivity contribution is 5.96. The molecule has 1 fully saturated rings. The second-order valence-electron chi connectivity index (χ2n) is 6.60. The Bertz CT molecular complexity index is 936. The van der Waals surface area contributed by atoms with Gasteiger partial charge in [-0.1, -0.05) is 6.07 Å². The zero-order chi connectivity index (χ0) is 18.8. The van der Waals surface area contributed by atoms with Crippen LogP contribution in [0, 0.1) is 0 Å². The lowest BCUT2D eigenvalue weighted by molar-refractivity contribution is 0.0746. The molecule has 0 unspecified atom stereocenters. The van der Waals surface area contributed by atoms with Crippen LogP contribution >= 0.6 is 0 Å². The molecule has 1 amide bonds. The molecule has 0 spiro atoms. The summed E-state index contributed by atoms with van der Waals surface area (Å²) in [6, 6.07) is 13.7. The number of carbonyl (C=O) groups excluding carboxylic acids is 1. The number of aromatic nitrogens is 1. The smallest absolute Gasteiger partial charge is 0.254 e. The number of fused-ring (bicyclic) bond motifs is 1. The van der Waals surface area contributed by atoms with Crippen LogP contribution in [0.15, 0.2) is 48.7 Å². The third-order valence-corrected chi connectivity index (χ3v) is 5.08. The summed E-state index contributed by atoms with van der Waals surface area (Å²) in [6.45, 7) is 2.96. The van der Waals surface area contributed by atoms with E-state index in [2.05, 4.69) is 34.1 Å². The number of ether oxygens (including phenoxy) is 2. The van der Waals surface area contributed by atoms with Crippen molar-refractivity contribution >= 4 is 22.5 Å². The van der Waals surface area contributed by atoms with Crippen molar-refractivity contribution in [2.24, 2.45) is 0 Å². The fourth-order valence-corrected chi connectivity index (χ4v) is 3.61. The maximum atomic E-state index is 12.9. The average molecular weight is 365 g/mol. The van der Waals surface area contributed by atoms with E-state index < -0.39 is 0 Å². The summed E-state index contributed by atoms with van der Waals surface area (Å²) in [5.74, 6) is 1.25. The van der Waals surface area contributed by atoms with Crippen molar-refractivity contribution in [1.82, 2.24) is 9.88 Å². The number of nitrogens with one attached hydrogen (secondary N) is 1. The van der Waals surface area contributed by atoms with Gasteiger partial charge in [-0.15, -0.1) is 0 Å². The fourth-order valence-electron chi connectivity index (χ4n) is 3.61. The summed E-state index contributed by atoms with van der Waals surface area (Å²) in [7, 11) is 3.17. The van der Waals surface area contributed by atoms with E-state index in [1.54, 1.807) is 32.4 Å². The van der Waals surface area contributed by atoms with Gasteiger partial charge in [-0.05, 0) is 30.3 Å². The third-order valence-electron chi connectivity index (χ3n) is 5.08. The van der Waals surface area contributed by atoms with E-state index in [1.165, 1.54) is 11.1 Å². The van der Waals surface area contributed by atoms with Crippen molar-refractivity contribution < 1.29 is 14.3 Å². The Morgan fingerprint density at radius 1 is 0.963 bits per heavy atom. The molecule has 1 N–H and O–H groups in total. The van der Waals surface area contributed by atoms with Gasteiger partial charge in [0.1, 0.15) is 11.5 Å². The first-order valence-corrected chi connectivity index (χ1v) is 9.03. The Balaban J connectivity index is 1.49. The number of nitrogens with zero attached hydrogens (tertiary/aromatic N) is 2. The molecule has 1 aliphatic heterocycles. The Morgan fingerprint density at radius 3 is 2.33 bits per heavy atom. The lowest BCUT2D eigenvalue weighted by atomic mass is 10.1. The van der Waals surface area contributed by atoms with Gasteiger partial charge in [0.15, 0.2) is 0 Å². The number of amides is 1. The summed E-state index contributed by atoms with van der Waals surface area (Å²) < 4.78 is 10.6. The summed E-state index contributed by atoms with van der Waals surface area (Å²) in [6.07, 6.45) is 1.96. The first-order chi connectivity index (χ1) is 13.2. The van der Waals surface area contributed by atoms with Gasteiger partial charge in [0.25, 0.3) is 5.91 Å². The highest BCUT2D eigenvalue weighted by atomic mass is 16.5. The molecular weight excluding hydrogens is 342 g/mol. The van der Waals surface area contributed by atoms with E-state index in [0.717, 1.165) is 18.6 Å². The zero-order valence-electron chi connectivity index (χ0n) is 15.6. The van der Waals surface area contributed by atoms with Gasteiger partial charge in [0, 0.05) is 60.6 Å². The summed E-state index contributed by atoms with van der Waals surface area (Å²) in [5.41, 5.74) is 2.94. The first kappa shape index (κ1) is 17.3. The summed E-state index contributed by atoms with van der Waals surface area (Å²) >= 11 is 0. The van der Waals surface area contributed by atoms with Gasteiger partial charge >= 0.3 is 0 Å². The molecule has 6 nitrogen and oxygen atoms in total. The highest BCUT2D eigenvalue weighted by Crippen LogP contribution is 2.28. The van der Waals surface area contributed by atoms with E-state index >= 15 is 0 Å². The SMILES string of the molecule is COc1cc(OC)cc(C(=O)N2CCN(c3cccc4[nH]ccc34)CC2)c1. The molecule has 27 heavy (non-hydrogen) atoms. The van der Waals surface area contributed by atoms with Crippen LogP contribution in [0.1, 0.15) is 10.4 Å². The summed E-state index contributed by atoms with van der Waals surface area (Å²) in [5, 5.41) is 1.22. The van der Waals surface area contributed by atoms with E-state index in [0.29, 0.717) is 30.2 Å². The number of methoxy groups -OCH3 is 2. The van der Waals surface area contributed by atoms with Crippen LogP contribution < -0.4 is 14.4 Å². The number of H-pyrrole nitrogens is 1. The molecule has 2 heterocycles. The molecule has 1 aromatic heterocycles. The topological polar surface area (TPSA) is 57.8 Å². The molecule has 0 aliphatic carbocycles. The van der Waals surface area contributed by atoms with E-state index in [9.17, 15) is 4.79 Å². The van der Waals surface area contributed by atoms with E-state index in [4.69, 9.17) is 9.47 Å². The number of hydrogen-bond acceptors (Lipinski definition) is 4. The van der Waals surface area contributed by atoms with E-state index in [-0.39, 0.29) is 5.91 Å². The van der Waals surface area contributed by atoms with Gasteiger partial charge in [-0.25, -0.2) is 0 Å². The monoisotopic (exact) mass is 365 g/mol. The van der Waals surface area contributed by atoms with Crippen molar-refractivity contribution in [2.45, 2.75) is 0 Å². The largest absolute Gasteiger partial charge is 0.497 e. The molecule has 0 atom stereocenters. The maximum Gasteiger partial charge on any atom is 0.254 e. The Kier molecular flexibility index (Phi) is 4.62. The second-order valence-corrected chi connectivity index (χ2v) is 6.60. The minimum Gasteiger partial charge on any atom is -0.497 e. The molecule has 4 rings (SSSR count). The predicted molar refractivity (Wildman–Crippen MR) is 106 cm³/mol. The number of piperazine rings is 1. The number of hydrogen-bond donors (Lipinski definition) is 1. The normalized spacial score (nSPS) is 14.4. The lowest BCUT2D eigenvalue weighted by Crippen LogP contribution is -2.48. The molecule has 1 aliphatic rings. The van der Waals surface area contributed by atoms with Gasteiger partial charge in [-0.3, -0.25) is 4.79 Å². The minimum atomic E-state index is 0.00621. The van der Waals surface area contributed by atoms with Crippen molar-refractivity contribution in [3.8, 4) is 11.5 Å². The maximum absolute atomic E-state index is 12.9. The third kappa shape index (κ3) is 3.30. The molecular formula is C21H23N3O3. The predicted octanol–water partition coefficient (Wildman–Crippen LogP) is 3.15. The number of rotatable bonds is 4. The quantitative estimate of drug-likeness (QED) is 0.772. The van der Waals surface area contributed by atoms with Crippen LogP contribution in [0.5, 0.6) is 11.5 Å². The highest BCUT2D eigenvalue weighted by Gasteiger charge is 2.24. The molecule has 6 heteroatoms. The van der Waals surface area contributed by atoms with Crippen molar-refractivity contribution in [2.75, 3.05) is 45.3 Å². The Morgan fingerprint density at radius 2 is 1.67 bits per heavy atom. The molecule has 0 radical (unpaired) electrons. The molecule has 0 saturated carbocycles. The van der Waals surface area contributed by atoms with Crippen LogP contribution in [0.3, 0.4) is 0 Å². The van der Waals surface area contributed by atoms with Crippen LogP contribution in [0.2, 0.25) is 0 Å². The van der Waals surface area contributed by atoms with Crippen LogP contribution in [0.25, 0.3) is 10.9 Å². The first-order valence-electron chi connectivity index (χ1n) is 9.03. The molecule has 0 bridgehead atoms. The van der Waals surface area contributed by atoms with Gasteiger partial charge < -0.3 is 24.3 Å². The Labute approximate surface area is 158 Å². The van der Waals surface area contributed by atoms with Gasteiger partial charge in [0.2, 0.25) is 0 Å². The van der Waals surface area contributed by atoms with Crippen LogP contribution in [-0.4, -0.2) is 56.2 Å². The number of aromatic amines is 1. The molecule has 140 valence electrons. The average Bonchev–Trinajstić information content (AvgIpc) is 3.22. The number of benzene rings is 2. The second kappa shape index (κ2) is 7.23. The van der Waals surface area contributed by atoms with Crippen molar-refractivity contribution in [3.05, 3.63) is 54.2 Å². The standard InChI is InChI=1S/C21H23N3O3/c1-26-16-12-15(13-17(14-16)27-2)21(25)24-10-8-23(9-11-24)20-5-3-4-19-18(20)6-7-22-19/h3-7,12-14,22H,8-11H2,1-2H3. The van der Waals surface area contributed by atoms with Crippen LogP contribution in [-0.2, 0) is 0 Å². The molecule has 1 saturated heterocycles.